The van der Waals surface area contributed by atoms with Crippen molar-refractivity contribution < 1.29 is 4.42 Å². The molecule has 0 saturated carbocycles. The predicted molar refractivity (Wildman–Crippen MR) is 69.5 cm³/mol. The number of aromatic amines is 1. The number of fused-ring (bicyclic) bond motifs is 3. The van der Waals surface area contributed by atoms with E-state index in [1.807, 2.05) is 31.2 Å². The highest BCUT2D eigenvalue weighted by atomic mass is 16.3. The van der Waals surface area contributed by atoms with Crippen LogP contribution in [0.15, 0.2) is 33.5 Å². The molecular formula is C13H13N3O2. The Labute approximate surface area is 103 Å². The van der Waals surface area contributed by atoms with E-state index in [2.05, 4.69) is 15.3 Å². The van der Waals surface area contributed by atoms with Gasteiger partial charge in [0.25, 0.3) is 5.56 Å². The van der Waals surface area contributed by atoms with Gasteiger partial charge in [0.1, 0.15) is 16.9 Å². The Bertz CT molecular complexity index is 758. The normalized spacial score (nSPS) is 11.4. The molecule has 0 atom stereocenters. The first-order chi connectivity index (χ1) is 8.79. The number of rotatable bonds is 3. The van der Waals surface area contributed by atoms with Gasteiger partial charge in [-0.2, -0.15) is 0 Å². The number of H-pyrrole nitrogens is 1. The van der Waals surface area contributed by atoms with Crippen LogP contribution in [0.3, 0.4) is 0 Å². The topological polar surface area (TPSA) is 70.9 Å². The van der Waals surface area contributed by atoms with Gasteiger partial charge in [-0.15, -0.1) is 0 Å². The Kier molecular flexibility index (Phi) is 2.60. The third-order valence-electron chi connectivity index (χ3n) is 2.82. The smallest absolute Gasteiger partial charge is 0.294 e. The van der Waals surface area contributed by atoms with Gasteiger partial charge in [-0.25, -0.2) is 4.98 Å². The summed E-state index contributed by atoms with van der Waals surface area (Å²) in [5.41, 5.74) is 1.37. The summed E-state index contributed by atoms with van der Waals surface area (Å²) in [4.78, 5) is 19.1. The minimum Gasteiger partial charge on any atom is -0.449 e. The van der Waals surface area contributed by atoms with Crippen molar-refractivity contribution in [1.29, 1.82) is 0 Å². The maximum atomic E-state index is 11.9. The molecule has 0 aliphatic carbocycles. The Morgan fingerprint density at radius 1 is 1.39 bits per heavy atom. The number of para-hydroxylation sites is 1. The van der Waals surface area contributed by atoms with Crippen LogP contribution in [-0.2, 0) is 6.54 Å². The third-order valence-corrected chi connectivity index (χ3v) is 2.82. The summed E-state index contributed by atoms with van der Waals surface area (Å²) in [6.45, 7) is 3.37. The quantitative estimate of drug-likeness (QED) is 0.735. The summed E-state index contributed by atoms with van der Waals surface area (Å²) in [6.07, 6.45) is 0. The minimum absolute atomic E-state index is 0.232. The van der Waals surface area contributed by atoms with E-state index in [9.17, 15) is 4.79 Å². The standard InChI is InChI=1S/C13H13N3O2/c1-2-14-7-10-15-11-8-5-3-4-6-9(8)18-12(11)13(17)16-10/h3-6,14H,2,7H2,1H3,(H,15,16,17). The molecule has 18 heavy (non-hydrogen) atoms. The number of benzene rings is 1. The van der Waals surface area contributed by atoms with Crippen LogP contribution in [0.25, 0.3) is 22.1 Å². The molecule has 5 heteroatoms. The highest BCUT2D eigenvalue weighted by Gasteiger charge is 2.12. The molecule has 0 amide bonds. The Balaban J connectivity index is 2.27. The van der Waals surface area contributed by atoms with Crippen LogP contribution in [-0.4, -0.2) is 16.5 Å². The second-order valence-corrected chi connectivity index (χ2v) is 4.07. The van der Waals surface area contributed by atoms with Crippen LogP contribution in [0.4, 0.5) is 0 Å². The number of nitrogens with zero attached hydrogens (tertiary/aromatic N) is 1. The first kappa shape index (κ1) is 11.0. The van der Waals surface area contributed by atoms with E-state index in [1.165, 1.54) is 0 Å². The summed E-state index contributed by atoms with van der Waals surface area (Å²) >= 11 is 0. The molecule has 3 aromatic rings. The van der Waals surface area contributed by atoms with Crippen molar-refractivity contribution in [3.05, 3.63) is 40.4 Å². The predicted octanol–water partition coefficient (Wildman–Crippen LogP) is 1.78. The van der Waals surface area contributed by atoms with Gasteiger partial charge in [0, 0.05) is 5.39 Å². The van der Waals surface area contributed by atoms with Gasteiger partial charge >= 0.3 is 0 Å². The van der Waals surface area contributed by atoms with Gasteiger partial charge in [-0.3, -0.25) is 4.79 Å². The zero-order valence-electron chi connectivity index (χ0n) is 9.99. The van der Waals surface area contributed by atoms with Crippen molar-refractivity contribution in [1.82, 2.24) is 15.3 Å². The SMILES string of the molecule is CCNCc1nc2c(oc3ccccc32)c(=O)[nH]1. The summed E-state index contributed by atoms with van der Waals surface area (Å²) in [5.74, 6) is 0.626. The van der Waals surface area contributed by atoms with Crippen molar-refractivity contribution in [2.24, 2.45) is 0 Å². The number of aromatic nitrogens is 2. The summed E-state index contributed by atoms with van der Waals surface area (Å²) in [6, 6.07) is 7.52. The lowest BCUT2D eigenvalue weighted by Gasteiger charge is -2.00. The molecule has 2 N–H and O–H groups in total. The maximum Gasteiger partial charge on any atom is 0.294 e. The zero-order valence-corrected chi connectivity index (χ0v) is 9.99. The highest BCUT2D eigenvalue weighted by Crippen LogP contribution is 2.24. The summed E-state index contributed by atoms with van der Waals surface area (Å²) < 4.78 is 5.52. The van der Waals surface area contributed by atoms with E-state index in [-0.39, 0.29) is 11.1 Å². The summed E-state index contributed by atoms with van der Waals surface area (Å²) in [7, 11) is 0. The lowest BCUT2D eigenvalue weighted by molar-refractivity contribution is 0.652. The van der Waals surface area contributed by atoms with E-state index in [4.69, 9.17) is 4.42 Å². The van der Waals surface area contributed by atoms with Crippen LogP contribution in [0.1, 0.15) is 12.7 Å². The lowest BCUT2D eigenvalue weighted by Crippen LogP contribution is -2.18. The summed E-state index contributed by atoms with van der Waals surface area (Å²) in [5, 5.41) is 4.01. The first-order valence-electron chi connectivity index (χ1n) is 5.90. The maximum absolute atomic E-state index is 11.9. The van der Waals surface area contributed by atoms with Crippen LogP contribution in [0.5, 0.6) is 0 Å². The molecule has 0 unspecified atom stereocenters. The molecule has 0 spiro atoms. The van der Waals surface area contributed by atoms with Gasteiger partial charge in [-0.1, -0.05) is 19.1 Å². The molecule has 0 radical (unpaired) electrons. The van der Waals surface area contributed by atoms with Crippen LogP contribution in [0.2, 0.25) is 0 Å². The number of hydrogen-bond donors (Lipinski definition) is 2. The van der Waals surface area contributed by atoms with E-state index in [1.54, 1.807) is 0 Å². The molecule has 0 aliphatic heterocycles. The number of furan rings is 1. The third kappa shape index (κ3) is 1.69. The average Bonchev–Trinajstić information content (AvgIpc) is 2.76. The zero-order chi connectivity index (χ0) is 12.5. The van der Waals surface area contributed by atoms with Gasteiger partial charge in [-0.05, 0) is 18.7 Å². The second-order valence-electron chi connectivity index (χ2n) is 4.07. The van der Waals surface area contributed by atoms with E-state index in [0.29, 0.717) is 23.5 Å². The molecule has 0 bridgehead atoms. The monoisotopic (exact) mass is 243 g/mol. The molecule has 2 aromatic heterocycles. The average molecular weight is 243 g/mol. The van der Waals surface area contributed by atoms with Crippen LogP contribution >= 0.6 is 0 Å². The van der Waals surface area contributed by atoms with Crippen LogP contribution < -0.4 is 10.9 Å². The largest absolute Gasteiger partial charge is 0.449 e. The van der Waals surface area contributed by atoms with E-state index >= 15 is 0 Å². The molecule has 1 aromatic carbocycles. The molecule has 2 heterocycles. The van der Waals surface area contributed by atoms with Crippen molar-refractivity contribution >= 4 is 22.1 Å². The lowest BCUT2D eigenvalue weighted by atomic mass is 10.2. The molecule has 0 aliphatic rings. The van der Waals surface area contributed by atoms with E-state index in [0.717, 1.165) is 11.9 Å². The fourth-order valence-corrected chi connectivity index (χ4v) is 1.97. The van der Waals surface area contributed by atoms with Gasteiger partial charge in [0.2, 0.25) is 5.58 Å². The second kappa shape index (κ2) is 4.27. The van der Waals surface area contributed by atoms with Crippen molar-refractivity contribution in [3.8, 4) is 0 Å². The molecule has 3 rings (SSSR count). The van der Waals surface area contributed by atoms with Gasteiger partial charge in [0.15, 0.2) is 0 Å². The molecular weight excluding hydrogens is 230 g/mol. The Morgan fingerprint density at radius 3 is 3.06 bits per heavy atom. The molecule has 0 fully saturated rings. The van der Waals surface area contributed by atoms with Crippen LogP contribution in [0, 0.1) is 0 Å². The highest BCUT2D eigenvalue weighted by molar-refractivity contribution is 6.01. The Hall–Kier alpha value is -2.14. The molecule has 0 saturated heterocycles. The fraction of sp³-hybridized carbons (Fsp3) is 0.231. The van der Waals surface area contributed by atoms with Gasteiger partial charge in [0.05, 0.1) is 6.54 Å². The molecule has 92 valence electrons. The molecule has 5 nitrogen and oxygen atoms in total. The van der Waals surface area contributed by atoms with E-state index < -0.39 is 0 Å². The van der Waals surface area contributed by atoms with Crippen molar-refractivity contribution in [3.63, 3.8) is 0 Å². The number of nitrogens with one attached hydrogen (secondary N) is 2. The minimum atomic E-state index is -0.232. The first-order valence-corrected chi connectivity index (χ1v) is 5.90. The Morgan fingerprint density at radius 2 is 2.22 bits per heavy atom. The van der Waals surface area contributed by atoms with Crippen molar-refractivity contribution in [2.75, 3.05) is 6.54 Å². The number of hydrogen-bond acceptors (Lipinski definition) is 4. The fourth-order valence-electron chi connectivity index (χ4n) is 1.97. The van der Waals surface area contributed by atoms with Gasteiger partial charge < -0.3 is 14.7 Å². The van der Waals surface area contributed by atoms with Crippen molar-refractivity contribution in [2.45, 2.75) is 13.5 Å².